The van der Waals surface area contributed by atoms with Crippen LogP contribution in [0.15, 0.2) is 30.3 Å². The van der Waals surface area contributed by atoms with E-state index in [9.17, 15) is 4.79 Å². The molecule has 1 aromatic carbocycles. The normalized spacial score (nSPS) is 12.2. The van der Waals surface area contributed by atoms with E-state index in [4.69, 9.17) is 10.5 Å². The van der Waals surface area contributed by atoms with Gasteiger partial charge < -0.3 is 15.4 Å². The minimum atomic E-state index is -0.450. The molecule has 0 bridgehead atoms. The van der Waals surface area contributed by atoms with Gasteiger partial charge in [-0.3, -0.25) is 4.79 Å². The molecule has 1 rings (SSSR count). The van der Waals surface area contributed by atoms with Crippen LogP contribution in [0.2, 0.25) is 0 Å². The van der Waals surface area contributed by atoms with Crippen molar-refractivity contribution < 1.29 is 9.53 Å². The summed E-state index contributed by atoms with van der Waals surface area (Å²) in [5.74, 6) is -0.00916. The molecular weight excluding hydrogens is 240 g/mol. The Kier molecular flexibility index (Phi) is 7.15. The van der Waals surface area contributed by atoms with Crippen molar-refractivity contribution in [2.75, 3.05) is 26.8 Å². The highest BCUT2D eigenvalue weighted by molar-refractivity contribution is 5.81. The second kappa shape index (κ2) is 8.67. The number of benzene rings is 1. The average Bonchev–Trinajstić information content (AvgIpc) is 2.43. The highest BCUT2D eigenvalue weighted by Crippen LogP contribution is 2.04. The molecule has 106 valence electrons. The maximum atomic E-state index is 11.9. The van der Waals surface area contributed by atoms with Gasteiger partial charge in [0.15, 0.2) is 0 Å². The number of carbonyl (C=O) groups is 1. The lowest BCUT2D eigenvalue weighted by atomic mass is 10.1. The molecule has 0 aliphatic carbocycles. The molecule has 0 unspecified atom stereocenters. The zero-order chi connectivity index (χ0) is 14.1. The number of hydrogen-bond acceptors (Lipinski definition) is 3. The fraction of sp³-hybridized carbons (Fsp3) is 0.533. The molecule has 2 N–H and O–H groups in total. The van der Waals surface area contributed by atoms with E-state index in [1.165, 1.54) is 5.56 Å². The first-order valence-corrected chi connectivity index (χ1v) is 6.72. The van der Waals surface area contributed by atoms with Crippen molar-refractivity contribution in [3.8, 4) is 0 Å². The summed E-state index contributed by atoms with van der Waals surface area (Å²) in [7, 11) is 1.64. The smallest absolute Gasteiger partial charge is 0.239 e. The Morgan fingerprint density at radius 3 is 2.58 bits per heavy atom. The first kappa shape index (κ1) is 15.7. The first-order valence-electron chi connectivity index (χ1n) is 6.72. The van der Waals surface area contributed by atoms with Gasteiger partial charge in [0.2, 0.25) is 5.91 Å². The molecule has 0 heterocycles. The van der Waals surface area contributed by atoms with Gasteiger partial charge in [0.25, 0.3) is 0 Å². The van der Waals surface area contributed by atoms with Crippen molar-refractivity contribution in [1.29, 1.82) is 0 Å². The molecule has 19 heavy (non-hydrogen) atoms. The standard InChI is InChI=1S/C15H24N2O2/c1-13(16)15(18)17(11-12-19-2)10-6-9-14-7-4-3-5-8-14/h3-5,7-8,13H,6,9-12,16H2,1-2H3/t13-/m0/s1. The third-order valence-electron chi connectivity index (χ3n) is 3.00. The molecule has 0 radical (unpaired) electrons. The van der Waals surface area contributed by atoms with Gasteiger partial charge in [-0.05, 0) is 25.3 Å². The van der Waals surface area contributed by atoms with Crippen LogP contribution < -0.4 is 5.73 Å². The zero-order valence-corrected chi connectivity index (χ0v) is 11.8. The second-order valence-corrected chi connectivity index (χ2v) is 4.70. The predicted octanol–water partition coefficient (Wildman–Crippen LogP) is 1.44. The topological polar surface area (TPSA) is 55.6 Å². The van der Waals surface area contributed by atoms with Crippen LogP contribution in [0.4, 0.5) is 0 Å². The van der Waals surface area contributed by atoms with Crippen LogP contribution in [0.5, 0.6) is 0 Å². The first-order chi connectivity index (χ1) is 9.15. The number of amides is 1. The van der Waals surface area contributed by atoms with E-state index >= 15 is 0 Å². The molecule has 0 aliphatic heterocycles. The Bertz CT molecular complexity index is 366. The van der Waals surface area contributed by atoms with Crippen LogP contribution in [0, 0.1) is 0 Å². The Labute approximate surface area is 115 Å². The van der Waals surface area contributed by atoms with Crippen molar-refractivity contribution in [2.45, 2.75) is 25.8 Å². The van der Waals surface area contributed by atoms with E-state index in [1.807, 2.05) is 18.2 Å². The molecular formula is C15H24N2O2. The van der Waals surface area contributed by atoms with Crippen molar-refractivity contribution >= 4 is 5.91 Å². The highest BCUT2D eigenvalue weighted by Gasteiger charge is 2.16. The number of rotatable bonds is 8. The zero-order valence-electron chi connectivity index (χ0n) is 11.8. The predicted molar refractivity (Wildman–Crippen MR) is 76.9 cm³/mol. The molecule has 0 spiro atoms. The summed E-state index contributed by atoms with van der Waals surface area (Å²) < 4.78 is 5.03. The Morgan fingerprint density at radius 2 is 2.00 bits per heavy atom. The number of ether oxygens (including phenoxy) is 1. The largest absolute Gasteiger partial charge is 0.383 e. The van der Waals surface area contributed by atoms with E-state index in [0.717, 1.165) is 19.4 Å². The summed E-state index contributed by atoms with van der Waals surface area (Å²) >= 11 is 0. The quantitative estimate of drug-likeness (QED) is 0.773. The highest BCUT2D eigenvalue weighted by atomic mass is 16.5. The lowest BCUT2D eigenvalue weighted by Gasteiger charge is -2.24. The van der Waals surface area contributed by atoms with E-state index < -0.39 is 6.04 Å². The lowest BCUT2D eigenvalue weighted by Crippen LogP contribution is -2.44. The van der Waals surface area contributed by atoms with Crippen molar-refractivity contribution in [3.05, 3.63) is 35.9 Å². The van der Waals surface area contributed by atoms with Gasteiger partial charge in [0, 0.05) is 20.2 Å². The Balaban J connectivity index is 2.42. The molecule has 0 aromatic heterocycles. The minimum Gasteiger partial charge on any atom is -0.383 e. The summed E-state index contributed by atoms with van der Waals surface area (Å²) in [5.41, 5.74) is 6.95. The second-order valence-electron chi connectivity index (χ2n) is 4.70. The summed E-state index contributed by atoms with van der Waals surface area (Å²) in [6.07, 6.45) is 1.91. The van der Waals surface area contributed by atoms with Crippen LogP contribution in [-0.4, -0.2) is 43.7 Å². The van der Waals surface area contributed by atoms with Gasteiger partial charge in [-0.1, -0.05) is 30.3 Å². The maximum Gasteiger partial charge on any atom is 0.239 e. The van der Waals surface area contributed by atoms with Gasteiger partial charge >= 0.3 is 0 Å². The maximum absolute atomic E-state index is 11.9. The number of nitrogens with two attached hydrogens (primary N) is 1. The molecule has 0 saturated heterocycles. The van der Waals surface area contributed by atoms with E-state index in [-0.39, 0.29) is 5.91 Å². The summed E-state index contributed by atoms with van der Waals surface area (Å²) in [6.45, 7) is 3.59. The summed E-state index contributed by atoms with van der Waals surface area (Å²) in [5, 5.41) is 0. The number of nitrogens with zero attached hydrogens (tertiary/aromatic N) is 1. The molecule has 0 saturated carbocycles. The van der Waals surface area contributed by atoms with Crippen LogP contribution in [-0.2, 0) is 16.0 Å². The molecule has 1 amide bonds. The van der Waals surface area contributed by atoms with E-state index in [2.05, 4.69) is 12.1 Å². The van der Waals surface area contributed by atoms with Crippen LogP contribution in [0.3, 0.4) is 0 Å². The van der Waals surface area contributed by atoms with Gasteiger partial charge in [0.1, 0.15) is 0 Å². The van der Waals surface area contributed by atoms with Crippen molar-refractivity contribution in [3.63, 3.8) is 0 Å². The van der Waals surface area contributed by atoms with Crippen LogP contribution in [0.25, 0.3) is 0 Å². The molecule has 0 fully saturated rings. The van der Waals surface area contributed by atoms with Gasteiger partial charge in [-0.2, -0.15) is 0 Å². The molecule has 0 aliphatic rings. The van der Waals surface area contributed by atoms with Crippen molar-refractivity contribution in [1.82, 2.24) is 4.90 Å². The van der Waals surface area contributed by atoms with Gasteiger partial charge in [0.05, 0.1) is 12.6 Å². The number of hydrogen-bond donors (Lipinski definition) is 1. The van der Waals surface area contributed by atoms with E-state index in [0.29, 0.717) is 13.2 Å². The number of aryl methyl sites for hydroxylation is 1. The molecule has 1 aromatic rings. The summed E-state index contributed by atoms with van der Waals surface area (Å²) in [6, 6.07) is 9.83. The fourth-order valence-corrected chi connectivity index (χ4v) is 1.94. The SMILES string of the molecule is COCCN(CCCc1ccccc1)C(=O)[C@H](C)N. The van der Waals surface area contributed by atoms with Crippen LogP contribution in [0.1, 0.15) is 18.9 Å². The number of carbonyl (C=O) groups excluding carboxylic acids is 1. The average molecular weight is 264 g/mol. The number of methoxy groups -OCH3 is 1. The van der Waals surface area contributed by atoms with Crippen LogP contribution >= 0.6 is 0 Å². The Morgan fingerprint density at radius 1 is 1.32 bits per heavy atom. The third kappa shape index (κ3) is 5.85. The van der Waals surface area contributed by atoms with Gasteiger partial charge in [-0.25, -0.2) is 0 Å². The molecule has 4 nitrogen and oxygen atoms in total. The monoisotopic (exact) mass is 264 g/mol. The van der Waals surface area contributed by atoms with E-state index in [1.54, 1.807) is 18.9 Å². The fourth-order valence-electron chi connectivity index (χ4n) is 1.94. The lowest BCUT2D eigenvalue weighted by molar-refractivity contribution is -0.132. The molecule has 1 atom stereocenters. The molecule has 4 heteroatoms. The Hall–Kier alpha value is -1.39. The van der Waals surface area contributed by atoms with Crippen molar-refractivity contribution in [2.24, 2.45) is 5.73 Å². The summed E-state index contributed by atoms with van der Waals surface area (Å²) in [4.78, 5) is 13.7. The third-order valence-corrected chi connectivity index (χ3v) is 3.00. The van der Waals surface area contributed by atoms with Gasteiger partial charge in [-0.15, -0.1) is 0 Å². The minimum absolute atomic E-state index is 0.00916.